The van der Waals surface area contributed by atoms with Crippen LogP contribution in [0.15, 0.2) is 18.3 Å². The van der Waals surface area contributed by atoms with E-state index in [4.69, 9.17) is 0 Å². The van der Waals surface area contributed by atoms with Crippen molar-refractivity contribution in [3.05, 3.63) is 23.9 Å². The van der Waals surface area contributed by atoms with E-state index in [9.17, 15) is 9.59 Å². The molecule has 1 aliphatic rings. The lowest BCUT2D eigenvalue weighted by Gasteiger charge is -2.20. The topological polar surface area (TPSA) is 71.1 Å². The third-order valence-corrected chi connectivity index (χ3v) is 2.79. The normalized spacial score (nSPS) is 19.9. The smallest absolute Gasteiger partial charge is 0.234 e. The van der Waals surface area contributed by atoms with E-state index in [0.717, 1.165) is 17.9 Å². The molecule has 1 aromatic heterocycles. The summed E-state index contributed by atoms with van der Waals surface area (Å²) in [5, 5.41) is 5.44. The first-order chi connectivity index (χ1) is 8.20. The molecule has 1 atom stereocenters. The van der Waals surface area contributed by atoms with Crippen molar-refractivity contribution in [3.63, 3.8) is 0 Å². The van der Waals surface area contributed by atoms with E-state index in [1.54, 1.807) is 6.20 Å². The number of hydrogen-bond donors (Lipinski definition) is 2. The molecule has 0 bridgehead atoms. The molecule has 5 nitrogen and oxygen atoms in total. The summed E-state index contributed by atoms with van der Waals surface area (Å²) in [6.07, 6.45) is 2.65. The predicted octanol–water partition coefficient (Wildman–Crippen LogP) is 1.03. The third kappa shape index (κ3) is 2.61. The monoisotopic (exact) mass is 233 g/mol. The molecule has 2 amide bonds. The van der Waals surface area contributed by atoms with Gasteiger partial charge in [0.15, 0.2) is 0 Å². The number of hydrogen-bond acceptors (Lipinski definition) is 4. The fourth-order valence-electron chi connectivity index (χ4n) is 1.91. The van der Waals surface area contributed by atoms with E-state index in [1.807, 2.05) is 19.1 Å². The minimum Gasteiger partial charge on any atom is -0.370 e. The molecular formula is C12H15N3O2. The van der Waals surface area contributed by atoms with Crippen molar-refractivity contribution in [1.29, 1.82) is 0 Å². The first-order valence-electron chi connectivity index (χ1n) is 5.74. The predicted molar refractivity (Wildman–Crippen MR) is 63.5 cm³/mol. The second-order valence-electron chi connectivity index (χ2n) is 4.01. The highest BCUT2D eigenvalue weighted by Crippen LogP contribution is 2.24. The Kier molecular flexibility index (Phi) is 3.37. The SMILES string of the molecule is CCNc1ccc(C2CCC(=O)NC2=O)cn1. The number of amides is 2. The van der Waals surface area contributed by atoms with Gasteiger partial charge in [-0.1, -0.05) is 6.07 Å². The van der Waals surface area contributed by atoms with Gasteiger partial charge in [-0.25, -0.2) is 4.98 Å². The molecule has 1 fully saturated rings. The first-order valence-corrected chi connectivity index (χ1v) is 5.74. The van der Waals surface area contributed by atoms with Gasteiger partial charge < -0.3 is 5.32 Å². The largest absolute Gasteiger partial charge is 0.370 e. The van der Waals surface area contributed by atoms with Crippen LogP contribution < -0.4 is 10.6 Å². The van der Waals surface area contributed by atoms with Gasteiger partial charge in [0.1, 0.15) is 5.82 Å². The molecule has 0 spiro atoms. The van der Waals surface area contributed by atoms with E-state index >= 15 is 0 Å². The van der Waals surface area contributed by atoms with Crippen LogP contribution in [0.3, 0.4) is 0 Å². The molecule has 90 valence electrons. The van der Waals surface area contributed by atoms with Crippen LogP contribution in [0.4, 0.5) is 5.82 Å². The number of imide groups is 1. The third-order valence-electron chi connectivity index (χ3n) is 2.79. The Morgan fingerprint density at radius 1 is 1.47 bits per heavy atom. The molecule has 17 heavy (non-hydrogen) atoms. The minimum atomic E-state index is -0.254. The van der Waals surface area contributed by atoms with Crippen molar-refractivity contribution in [2.24, 2.45) is 0 Å². The van der Waals surface area contributed by atoms with Crippen LogP contribution in [0.1, 0.15) is 31.2 Å². The summed E-state index contributed by atoms with van der Waals surface area (Å²) in [6, 6.07) is 3.73. The van der Waals surface area contributed by atoms with Gasteiger partial charge >= 0.3 is 0 Å². The van der Waals surface area contributed by atoms with Gasteiger partial charge in [0.25, 0.3) is 0 Å². The fourth-order valence-corrected chi connectivity index (χ4v) is 1.91. The number of carbonyl (C=O) groups excluding carboxylic acids is 2. The summed E-state index contributed by atoms with van der Waals surface area (Å²) in [5.74, 6) is 0.127. The highest BCUT2D eigenvalue weighted by Gasteiger charge is 2.27. The summed E-state index contributed by atoms with van der Waals surface area (Å²) in [6.45, 7) is 2.81. The molecule has 0 aromatic carbocycles. The molecule has 1 saturated heterocycles. The van der Waals surface area contributed by atoms with E-state index in [-0.39, 0.29) is 17.7 Å². The Bertz CT molecular complexity index is 428. The Balaban J connectivity index is 2.11. The average molecular weight is 233 g/mol. The lowest BCUT2D eigenvalue weighted by atomic mass is 9.92. The Morgan fingerprint density at radius 3 is 2.88 bits per heavy atom. The molecule has 0 radical (unpaired) electrons. The van der Waals surface area contributed by atoms with Gasteiger partial charge in [0.05, 0.1) is 5.92 Å². The summed E-state index contributed by atoms with van der Waals surface area (Å²) in [7, 11) is 0. The van der Waals surface area contributed by atoms with Crippen LogP contribution in [0.25, 0.3) is 0 Å². The maximum atomic E-state index is 11.6. The lowest BCUT2D eigenvalue weighted by Crippen LogP contribution is -2.39. The quantitative estimate of drug-likeness (QED) is 0.765. The van der Waals surface area contributed by atoms with Gasteiger partial charge in [0.2, 0.25) is 11.8 Å². The Labute approximate surface area is 99.6 Å². The molecule has 2 rings (SSSR count). The van der Waals surface area contributed by atoms with Crippen LogP contribution in [0.2, 0.25) is 0 Å². The maximum Gasteiger partial charge on any atom is 0.234 e. The molecule has 2 N–H and O–H groups in total. The number of piperidine rings is 1. The number of nitrogens with one attached hydrogen (secondary N) is 2. The zero-order valence-corrected chi connectivity index (χ0v) is 9.69. The van der Waals surface area contributed by atoms with Crippen LogP contribution in [0.5, 0.6) is 0 Å². The van der Waals surface area contributed by atoms with E-state index in [0.29, 0.717) is 12.8 Å². The molecule has 1 aromatic rings. The maximum absolute atomic E-state index is 11.6. The molecule has 0 saturated carbocycles. The number of aromatic nitrogens is 1. The fraction of sp³-hybridized carbons (Fsp3) is 0.417. The zero-order valence-electron chi connectivity index (χ0n) is 9.69. The van der Waals surface area contributed by atoms with E-state index < -0.39 is 0 Å². The van der Waals surface area contributed by atoms with Gasteiger partial charge in [-0.2, -0.15) is 0 Å². The summed E-state index contributed by atoms with van der Waals surface area (Å²) in [4.78, 5) is 26.9. The second-order valence-corrected chi connectivity index (χ2v) is 4.01. The molecule has 5 heteroatoms. The van der Waals surface area contributed by atoms with Crippen molar-refractivity contribution in [2.45, 2.75) is 25.7 Å². The number of pyridine rings is 1. The van der Waals surface area contributed by atoms with E-state index in [2.05, 4.69) is 15.6 Å². The lowest BCUT2D eigenvalue weighted by molar-refractivity contribution is -0.134. The number of carbonyl (C=O) groups is 2. The highest BCUT2D eigenvalue weighted by molar-refractivity contribution is 6.00. The molecule has 2 heterocycles. The van der Waals surface area contributed by atoms with Crippen LogP contribution >= 0.6 is 0 Å². The summed E-state index contributed by atoms with van der Waals surface area (Å²) >= 11 is 0. The first kappa shape index (κ1) is 11.6. The van der Waals surface area contributed by atoms with Crippen molar-refractivity contribution >= 4 is 17.6 Å². The van der Waals surface area contributed by atoms with Crippen LogP contribution in [-0.4, -0.2) is 23.3 Å². The zero-order chi connectivity index (χ0) is 12.3. The van der Waals surface area contributed by atoms with Gasteiger partial charge in [-0.15, -0.1) is 0 Å². The van der Waals surface area contributed by atoms with Crippen molar-refractivity contribution < 1.29 is 9.59 Å². The average Bonchev–Trinajstić information content (AvgIpc) is 2.31. The van der Waals surface area contributed by atoms with Crippen molar-refractivity contribution in [3.8, 4) is 0 Å². The van der Waals surface area contributed by atoms with Crippen molar-refractivity contribution in [1.82, 2.24) is 10.3 Å². The Hall–Kier alpha value is -1.91. The molecule has 1 unspecified atom stereocenters. The van der Waals surface area contributed by atoms with Crippen LogP contribution in [0, 0.1) is 0 Å². The summed E-state index contributed by atoms with van der Waals surface area (Å²) < 4.78 is 0. The minimum absolute atomic E-state index is 0.191. The number of nitrogens with zero attached hydrogens (tertiary/aromatic N) is 1. The van der Waals surface area contributed by atoms with E-state index in [1.165, 1.54) is 0 Å². The molecular weight excluding hydrogens is 218 g/mol. The number of rotatable bonds is 3. The van der Waals surface area contributed by atoms with Gasteiger partial charge in [-0.05, 0) is 25.0 Å². The van der Waals surface area contributed by atoms with Gasteiger partial charge in [-0.3, -0.25) is 14.9 Å². The standard InChI is InChI=1S/C12H15N3O2/c1-2-13-10-5-3-8(7-14-10)9-4-6-11(16)15-12(9)17/h3,5,7,9H,2,4,6H2,1H3,(H,13,14)(H,15,16,17). The van der Waals surface area contributed by atoms with Gasteiger partial charge in [0, 0.05) is 19.2 Å². The van der Waals surface area contributed by atoms with Crippen molar-refractivity contribution in [2.75, 3.05) is 11.9 Å². The Morgan fingerprint density at radius 2 is 2.29 bits per heavy atom. The highest BCUT2D eigenvalue weighted by atomic mass is 16.2. The summed E-state index contributed by atoms with van der Waals surface area (Å²) in [5.41, 5.74) is 0.858. The second kappa shape index (κ2) is 4.95. The van der Waals surface area contributed by atoms with Crippen LogP contribution in [-0.2, 0) is 9.59 Å². The molecule has 0 aliphatic carbocycles. The number of anilines is 1. The molecule has 1 aliphatic heterocycles.